The molecule has 0 bridgehead atoms. The van der Waals surface area contributed by atoms with Crippen molar-refractivity contribution in [3.05, 3.63) is 11.9 Å². The number of nitrogens with zero attached hydrogens (tertiary/aromatic N) is 4. The minimum atomic E-state index is -0.124. The van der Waals surface area contributed by atoms with E-state index in [1.807, 2.05) is 0 Å². The zero-order chi connectivity index (χ0) is 16.1. The fraction of sp³-hybridized carbons (Fsp3) is 0.800. The number of carbonyl (C=O) groups is 1. The van der Waals surface area contributed by atoms with Gasteiger partial charge in [-0.3, -0.25) is 9.48 Å². The maximum atomic E-state index is 12.2. The molecule has 3 heterocycles. The second-order valence-corrected chi connectivity index (χ2v) is 7.51. The Bertz CT molecular complexity index is 508. The van der Waals surface area contributed by atoms with Crippen molar-refractivity contribution in [3.63, 3.8) is 0 Å². The number of carbonyl (C=O) groups excluding carboxylic acids is 1. The third kappa shape index (κ3) is 4.45. The number of thioether (sulfide) groups is 1. The number of piperidine rings is 1. The Hall–Kier alpha value is -1.12. The van der Waals surface area contributed by atoms with Crippen LogP contribution in [0.15, 0.2) is 6.20 Å². The van der Waals surface area contributed by atoms with Crippen LogP contribution < -0.4 is 11.1 Å². The zero-order valence-corrected chi connectivity index (χ0v) is 14.3. The van der Waals surface area contributed by atoms with Gasteiger partial charge in [-0.05, 0) is 37.2 Å². The van der Waals surface area contributed by atoms with Crippen molar-refractivity contribution in [2.24, 2.45) is 5.73 Å². The first-order valence-electron chi connectivity index (χ1n) is 8.49. The molecule has 0 radical (unpaired) electrons. The maximum absolute atomic E-state index is 12.2. The van der Waals surface area contributed by atoms with E-state index in [-0.39, 0.29) is 11.9 Å². The van der Waals surface area contributed by atoms with Crippen LogP contribution in [0.25, 0.3) is 0 Å². The molecule has 0 unspecified atom stereocenters. The SMILES string of the molecule is NCCn1cc(C(=O)NC2CCN(C3CCSCC3)CC2)nn1. The van der Waals surface area contributed by atoms with Gasteiger partial charge in [-0.25, -0.2) is 0 Å². The van der Waals surface area contributed by atoms with Gasteiger partial charge in [0.15, 0.2) is 5.69 Å². The van der Waals surface area contributed by atoms with E-state index < -0.39 is 0 Å². The lowest BCUT2D eigenvalue weighted by molar-refractivity contribution is 0.0881. The fourth-order valence-corrected chi connectivity index (χ4v) is 4.44. The largest absolute Gasteiger partial charge is 0.348 e. The van der Waals surface area contributed by atoms with Gasteiger partial charge >= 0.3 is 0 Å². The Kier molecular flexibility index (Phi) is 5.91. The van der Waals surface area contributed by atoms with E-state index in [0.717, 1.165) is 32.0 Å². The second kappa shape index (κ2) is 8.12. The highest BCUT2D eigenvalue weighted by atomic mass is 32.2. The molecule has 2 fully saturated rings. The van der Waals surface area contributed by atoms with E-state index >= 15 is 0 Å². The first-order chi connectivity index (χ1) is 11.3. The highest BCUT2D eigenvalue weighted by Crippen LogP contribution is 2.24. The lowest BCUT2D eigenvalue weighted by Gasteiger charge is -2.39. The third-order valence-corrected chi connectivity index (χ3v) is 5.75. The second-order valence-electron chi connectivity index (χ2n) is 6.28. The summed E-state index contributed by atoms with van der Waals surface area (Å²) >= 11 is 2.07. The lowest BCUT2D eigenvalue weighted by Crippen LogP contribution is -2.48. The van der Waals surface area contributed by atoms with Crippen LogP contribution in [-0.4, -0.2) is 69.0 Å². The molecule has 1 aromatic rings. The van der Waals surface area contributed by atoms with Gasteiger partial charge in [-0.2, -0.15) is 11.8 Å². The maximum Gasteiger partial charge on any atom is 0.273 e. The summed E-state index contributed by atoms with van der Waals surface area (Å²) in [4.78, 5) is 14.9. The van der Waals surface area contributed by atoms with Gasteiger partial charge in [0.25, 0.3) is 5.91 Å². The van der Waals surface area contributed by atoms with E-state index in [0.29, 0.717) is 18.8 Å². The normalized spacial score (nSPS) is 21.4. The predicted molar refractivity (Wildman–Crippen MR) is 91.5 cm³/mol. The first-order valence-corrected chi connectivity index (χ1v) is 9.64. The highest BCUT2D eigenvalue weighted by Gasteiger charge is 2.27. The molecule has 3 rings (SSSR count). The van der Waals surface area contributed by atoms with Crippen molar-refractivity contribution in [2.75, 3.05) is 31.1 Å². The summed E-state index contributed by atoms with van der Waals surface area (Å²) < 4.78 is 1.61. The molecule has 1 aromatic heterocycles. The number of likely N-dealkylation sites (tertiary alicyclic amines) is 1. The first kappa shape index (κ1) is 16.7. The van der Waals surface area contributed by atoms with Crippen LogP contribution in [-0.2, 0) is 6.54 Å². The summed E-state index contributed by atoms with van der Waals surface area (Å²) in [6.07, 6.45) is 6.33. The molecule has 7 nitrogen and oxygen atoms in total. The Morgan fingerprint density at radius 3 is 2.74 bits per heavy atom. The van der Waals surface area contributed by atoms with Gasteiger partial charge in [-0.1, -0.05) is 5.21 Å². The summed E-state index contributed by atoms with van der Waals surface area (Å²) in [5, 5.41) is 10.9. The average Bonchev–Trinajstić information content (AvgIpc) is 3.06. The Balaban J connectivity index is 1.45. The van der Waals surface area contributed by atoms with Crippen LogP contribution in [0, 0.1) is 0 Å². The number of hydrogen-bond acceptors (Lipinski definition) is 6. The van der Waals surface area contributed by atoms with Gasteiger partial charge in [0.1, 0.15) is 0 Å². The summed E-state index contributed by atoms with van der Waals surface area (Å²) in [6.45, 7) is 3.24. The number of nitrogens with one attached hydrogen (secondary N) is 1. The molecule has 128 valence electrons. The Morgan fingerprint density at radius 2 is 2.04 bits per heavy atom. The quantitative estimate of drug-likeness (QED) is 0.804. The third-order valence-electron chi connectivity index (χ3n) is 4.70. The summed E-state index contributed by atoms with van der Waals surface area (Å²) in [7, 11) is 0. The average molecular weight is 338 g/mol. The van der Waals surface area contributed by atoms with Crippen LogP contribution in [0.5, 0.6) is 0 Å². The van der Waals surface area contributed by atoms with Crippen molar-refractivity contribution >= 4 is 17.7 Å². The summed E-state index contributed by atoms with van der Waals surface area (Å²) in [5.74, 6) is 2.46. The molecule has 2 saturated heterocycles. The molecule has 0 saturated carbocycles. The van der Waals surface area contributed by atoms with Crippen molar-refractivity contribution in [1.29, 1.82) is 0 Å². The van der Waals surface area contributed by atoms with Crippen LogP contribution in [0.1, 0.15) is 36.2 Å². The van der Waals surface area contributed by atoms with Gasteiger partial charge in [-0.15, -0.1) is 5.10 Å². The van der Waals surface area contributed by atoms with Crippen LogP contribution in [0.3, 0.4) is 0 Å². The van der Waals surface area contributed by atoms with E-state index in [4.69, 9.17) is 5.73 Å². The molecule has 0 spiro atoms. The van der Waals surface area contributed by atoms with Gasteiger partial charge in [0.05, 0.1) is 12.7 Å². The molecular formula is C15H26N6OS. The molecule has 0 aromatic carbocycles. The molecule has 8 heteroatoms. The van der Waals surface area contributed by atoms with Gasteiger partial charge in [0, 0.05) is 31.7 Å². The smallest absolute Gasteiger partial charge is 0.273 e. The number of amides is 1. The number of rotatable bonds is 5. The van der Waals surface area contributed by atoms with E-state index in [1.165, 1.54) is 24.3 Å². The topological polar surface area (TPSA) is 89.1 Å². The molecule has 0 aliphatic carbocycles. The van der Waals surface area contributed by atoms with Crippen LogP contribution >= 0.6 is 11.8 Å². The van der Waals surface area contributed by atoms with Gasteiger partial charge in [0.2, 0.25) is 0 Å². The number of nitrogens with two attached hydrogens (primary N) is 1. The molecule has 3 N–H and O–H groups in total. The molecule has 2 aliphatic heterocycles. The highest BCUT2D eigenvalue weighted by molar-refractivity contribution is 7.99. The van der Waals surface area contributed by atoms with Crippen LogP contribution in [0.4, 0.5) is 0 Å². The van der Waals surface area contributed by atoms with Crippen molar-refractivity contribution in [3.8, 4) is 0 Å². The molecule has 2 aliphatic rings. The minimum Gasteiger partial charge on any atom is -0.348 e. The lowest BCUT2D eigenvalue weighted by atomic mass is 10.0. The molecular weight excluding hydrogens is 312 g/mol. The molecule has 0 atom stereocenters. The predicted octanol–water partition coefficient (Wildman–Crippen LogP) is 0.327. The molecule has 23 heavy (non-hydrogen) atoms. The van der Waals surface area contributed by atoms with Gasteiger partial charge < -0.3 is 16.0 Å². The monoisotopic (exact) mass is 338 g/mol. The van der Waals surface area contributed by atoms with Crippen molar-refractivity contribution in [1.82, 2.24) is 25.2 Å². The Labute approximate surface area is 141 Å². The van der Waals surface area contributed by atoms with E-state index in [1.54, 1.807) is 10.9 Å². The minimum absolute atomic E-state index is 0.124. The summed E-state index contributed by atoms with van der Waals surface area (Å²) in [5.41, 5.74) is 5.85. The van der Waals surface area contributed by atoms with Crippen molar-refractivity contribution < 1.29 is 4.79 Å². The number of hydrogen-bond donors (Lipinski definition) is 2. The summed E-state index contributed by atoms with van der Waals surface area (Å²) in [6, 6.07) is 1.00. The van der Waals surface area contributed by atoms with Crippen LogP contribution in [0.2, 0.25) is 0 Å². The zero-order valence-electron chi connectivity index (χ0n) is 13.5. The standard InChI is InChI=1S/C15H26N6OS/c16-5-8-21-11-14(18-19-21)15(22)17-12-1-6-20(7-2-12)13-3-9-23-10-4-13/h11-13H,1-10,16H2,(H,17,22). The Morgan fingerprint density at radius 1 is 1.30 bits per heavy atom. The molecule has 1 amide bonds. The van der Waals surface area contributed by atoms with Crippen molar-refractivity contribution in [2.45, 2.75) is 44.3 Å². The number of aromatic nitrogens is 3. The van der Waals surface area contributed by atoms with E-state index in [9.17, 15) is 4.79 Å². The van der Waals surface area contributed by atoms with E-state index in [2.05, 4.69) is 32.3 Å². The fourth-order valence-electron chi connectivity index (χ4n) is 3.36.